The van der Waals surface area contributed by atoms with Crippen molar-refractivity contribution in [3.63, 3.8) is 0 Å². The SMILES string of the molecule is CC(C)(C)N1C(=O)C=CC1=O.CC(C)(C)SSc1ccccn1.CCC(=O)NC(C)(C)C. The molecule has 0 radical (unpaired) electrons. The first-order valence-corrected chi connectivity index (χ1v) is 12.7. The number of nitrogens with zero attached hydrogens (tertiary/aromatic N) is 2. The maximum atomic E-state index is 11.0. The second-order valence-corrected chi connectivity index (χ2v) is 13.1. The first kappa shape index (κ1) is 30.2. The molecule has 1 N–H and O–H groups in total. The van der Waals surface area contributed by atoms with Gasteiger partial charge in [0.05, 0.1) is 0 Å². The number of pyridine rings is 1. The summed E-state index contributed by atoms with van der Waals surface area (Å²) >= 11 is 0. The molecule has 1 aliphatic heterocycles. The van der Waals surface area contributed by atoms with Crippen LogP contribution < -0.4 is 5.32 Å². The van der Waals surface area contributed by atoms with Crippen LogP contribution in [0.1, 0.15) is 75.7 Å². The van der Waals surface area contributed by atoms with Gasteiger partial charge in [-0.05, 0) is 64.5 Å². The Balaban J connectivity index is 0.000000456. The van der Waals surface area contributed by atoms with E-state index in [2.05, 4.69) is 31.1 Å². The predicted octanol–water partition coefficient (Wildman–Crippen LogP) is 5.64. The molecule has 32 heavy (non-hydrogen) atoms. The summed E-state index contributed by atoms with van der Waals surface area (Å²) in [5, 5.41) is 3.91. The first-order valence-electron chi connectivity index (χ1n) is 10.6. The second kappa shape index (κ2) is 13.0. The minimum Gasteiger partial charge on any atom is -0.352 e. The number of carbonyl (C=O) groups is 3. The minimum absolute atomic E-state index is 0.0763. The van der Waals surface area contributed by atoms with Crippen LogP contribution in [-0.2, 0) is 14.4 Å². The Labute approximate surface area is 201 Å². The number of carbonyl (C=O) groups excluding carboxylic acids is 3. The highest BCUT2D eigenvalue weighted by atomic mass is 33.1. The average Bonchev–Trinajstić information content (AvgIpc) is 2.98. The van der Waals surface area contributed by atoms with E-state index in [1.165, 1.54) is 17.1 Å². The Morgan fingerprint density at radius 1 is 0.969 bits per heavy atom. The van der Waals surface area contributed by atoms with Gasteiger partial charge in [-0.3, -0.25) is 19.3 Å². The van der Waals surface area contributed by atoms with Crippen molar-refractivity contribution in [3.05, 3.63) is 36.5 Å². The van der Waals surface area contributed by atoms with Gasteiger partial charge in [0, 0.05) is 40.6 Å². The highest BCUT2D eigenvalue weighted by Gasteiger charge is 2.33. The van der Waals surface area contributed by atoms with Gasteiger partial charge in [-0.1, -0.05) is 44.6 Å². The molecule has 0 aromatic carbocycles. The number of imide groups is 1. The van der Waals surface area contributed by atoms with Crippen molar-refractivity contribution >= 4 is 39.3 Å². The third-order valence-electron chi connectivity index (χ3n) is 3.33. The zero-order valence-electron chi connectivity index (χ0n) is 21.1. The van der Waals surface area contributed by atoms with Gasteiger partial charge in [0.25, 0.3) is 11.8 Å². The van der Waals surface area contributed by atoms with Crippen LogP contribution in [0.3, 0.4) is 0 Å². The summed E-state index contributed by atoms with van der Waals surface area (Å²) in [5.41, 5.74) is -0.481. The molecule has 180 valence electrons. The molecule has 0 saturated carbocycles. The molecule has 0 bridgehead atoms. The first-order chi connectivity index (χ1) is 14.5. The fraction of sp³-hybridized carbons (Fsp3) is 0.583. The Hall–Kier alpha value is -1.80. The molecule has 2 heterocycles. The van der Waals surface area contributed by atoms with E-state index in [-0.39, 0.29) is 23.3 Å². The van der Waals surface area contributed by atoms with Gasteiger partial charge >= 0.3 is 0 Å². The smallest absolute Gasteiger partial charge is 0.254 e. The molecule has 1 aromatic heterocycles. The van der Waals surface area contributed by atoms with E-state index >= 15 is 0 Å². The summed E-state index contributed by atoms with van der Waals surface area (Å²) < 4.78 is 0.294. The fourth-order valence-electron chi connectivity index (χ4n) is 2.13. The zero-order chi connectivity index (χ0) is 25.2. The molecule has 6 nitrogen and oxygen atoms in total. The van der Waals surface area contributed by atoms with Gasteiger partial charge in [0.1, 0.15) is 5.03 Å². The molecule has 0 spiro atoms. The lowest BCUT2D eigenvalue weighted by Crippen LogP contribution is -2.45. The predicted molar refractivity (Wildman–Crippen MR) is 136 cm³/mol. The molecule has 3 amide bonds. The van der Waals surface area contributed by atoms with Crippen LogP contribution in [0.5, 0.6) is 0 Å². The van der Waals surface area contributed by atoms with Crippen LogP contribution >= 0.6 is 21.6 Å². The monoisotopic (exact) mass is 481 g/mol. The molecule has 0 saturated heterocycles. The van der Waals surface area contributed by atoms with Gasteiger partial charge in [-0.15, -0.1) is 0 Å². The summed E-state index contributed by atoms with van der Waals surface area (Å²) in [5.74, 6) is -0.326. The van der Waals surface area contributed by atoms with E-state index in [1.54, 1.807) is 10.8 Å². The number of hydrogen-bond acceptors (Lipinski definition) is 6. The van der Waals surface area contributed by atoms with E-state index in [0.29, 0.717) is 11.2 Å². The highest BCUT2D eigenvalue weighted by Crippen LogP contribution is 2.39. The number of aromatic nitrogens is 1. The molecular formula is C24H39N3O3S2. The van der Waals surface area contributed by atoms with Crippen LogP contribution in [0.2, 0.25) is 0 Å². The number of rotatable bonds is 3. The third kappa shape index (κ3) is 14.3. The van der Waals surface area contributed by atoms with E-state index in [0.717, 1.165) is 5.03 Å². The maximum absolute atomic E-state index is 11.0. The van der Waals surface area contributed by atoms with Crippen LogP contribution in [0.25, 0.3) is 0 Å². The van der Waals surface area contributed by atoms with Crippen LogP contribution in [0, 0.1) is 0 Å². The lowest BCUT2D eigenvalue weighted by Gasteiger charge is -2.29. The van der Waals surface area contributed by atoms with Crippen LogP contribution in [-0.4, -0.2) is 43.4 Å². The molecular weight excluding hydrogens is 442 g/mol. The van der Waals surface area contributed by atoms with E-state index in [4.69, 9.17) is 0 Å². The summed E-state index contributed by atoms with van der Waals surface area (Å²) in [7, 11) is 3.57. The van der Waals surface area contributed by atoms with Gasteiger partial charge in [0.15, 0.2) is 0 Å². The van der Waals surface area contributed by atoms with Gasteiger partial charge in [0.2, 0.25) is 5.91 Å². The quantitative estimate of drug-likeness (QED) is 0.444. The van der Waals surface area contributed by atoms with E-state index in [1.807, 2.05) is 83.7 Å². The van der Waals surface area contributed by atoms with Crippen LogP contribution in [0.4, 0.5) is 0 Å². The average molecular weight is 482 g/mol. The second-order valence-electron chi connectivity index (χ2n) is 10.1. The third-order valence-corrected chi connectivity index (χ3v) is 6.59. The molecule has 1 aromatic rings. The van der Waals surface area contributed by atoms with Gasteiger partial charge in [-0.25, -0.2) is 4.98 Å². The van der Waals surface area contributed by atoms with E-state index < -0.39 is 5.54 Å². The Kier molecular flexibility index (Phi) is 12.3. The lowest BCUT2D eigenvalue weighted by molar-refractivity contribution is -0.142. The fourth-order valence-corrected chi connectivity index (χ4v) is 4.01. The summed E-state index contributed by atoms with van der Waals surface area (Å²) in [6.45, 7) is 19.9. The van der Waals surface area contributed by atoms with Gasteiger partial charge < -0.3 is 5.32 Å². The summed E-state index contributed by atoms with van der Waals surface area (Å²) in [4.78, 5) is 38.3. The van der Waals surface area contributed by atoms with Crippen molar-refractivity contribution < 1.29 is 14.4 Å². The molecule has 0 aliphatic carbocycles. The van der Waals surface area contributed by atoms with Crippen molar-refractivity contribution in [2.75, 3.05) is 0 Å². The van der Waals surface area contributed by atoms with Crippen molar-refractivity contribution in [2.45, 2.75) is 96.5 Å². The number of nitrogens with one attached hydrogen (secondary N) is 1. The molecule has 8 heteroatoms. The molecule has 0 atom stereocenters. The van der Waals surface area contributed by atoms with Crippen molar-refractivity contribution in [3.8, 4) is 0 Å². The maximum Gasteiger partial charge on any atom is 0.254 e. The van der Waals surface area contributed by atoms with Crippen LogP contribution in [0.15, 0.2) is 41.6 Å². The van der Waals surface area contributed by atoms with E-state index in [9.17, 15) is 14.4 Å². The lowest BCUT2D eigenvalue weighted by atomic mass is 10.1. The number of amides is 3. The minimum atomic E-state index is -0.405. The Bertz CT molecular complexity index is 756. The Morgan fingerprint density at radius 2 is 1.50 bits per heavy atom. The molecule has 1 aliphatic rings. The largest absolute Gasteiger partial charge is 0.352 e. The highest BCUT2D eigenvalue weighted by molar-refractivity contribution is 8.77. The van der Waals surface area contributed by atoms with Gasteiger partial charge in [-0.2, -0.15) is 0 Å². The molecule has 2 rings (SSSR count). The van der Waals surface area contributed by atoms with Crippen molar-refractivity contribution in [2.24, 2.45) is 0 Å². The standard InChI is InChI=1S/C9H13NS2.C8H11NO2.C7H15NO/c1-9(2,3)12-11-8-6-4-5-7-10-8;1-8(2,3)9-6(10)4-5-7(9)11;1-5-6(9)8-7(2,3)4/h4-7H,1-3H3;4-5H,1-3H3;5H2,1-4H3,(H,8,9). The summed E-state index contributed by atoms with van der Waals surface area (Å²) in [6, 6.07) is 5.98. The van der Waals surface area contributed by atoms with Crippen molar-refractivity contribution in [1.82, 2.24) is 15.2 Å². The zero-order valence-corrected chi connectivity index (χ0v) is 22.7. The van der Waals surface area contributed by atoms with Crippen molar-refractivity contribution in [1.29, 1.82) is 0 Å². The normalized spacial score (nSPS) is 13.8. The topological polar surface area (TPSA) is 79.4 Å². The molecule has 0 fully saturated rings. The Morgan fingerprint density at radius 3 is 1.78 bits per heavy atom. The molecule has 0 unspecified atom stereocenters. The number of hydrogen-bond donors (Lipinski definition) is 1. The summed E-state index contributed by atoms with van der Waals surface area (Å²) in [6.07, 6.45) is 4.99.